The van der Waals surface area contributed by atoms with E-state index >= 15 is 0 Å². The summed E-state index contributed by atoms with van der Waals surface area (Å²) in [6, 6.07) is 9.72. The summed E-state index contributed by atoms with van der Waals surface area (Å²) in [5.41, 5.74) is 1.05. The molecule has 2 rings (SSSR count). The maximum Gasteiger partial charge on any atom is 0.186 e. The van der Waals surface area contributed by atoms with Crippen molar-refractivity contribution < 1.29 is 24.4 Å². The standard InChI is InChI=1S/C13H18O5/c1-16-13-12(15)11(14)10(18-13)8-17-7-9-5-3-2-4-6-9/h2-6,10-15H,7-8H2,1H3/t10-,11-,12-,13+/m1/s1. The third-order valence-corrected chi connectivity index (χ3v) is 2.94. The van der Waals surface area contributed by atoms with Crippen molar-refractivity contribution >= 4 is 0 Å². The van der Waals surface area contributed by atoms with Crippen molar-refractivity contribution in [3.63, 3.8) is 0 Å². The zero-order valence-electron chi connectivity index (χ0n) is 10.2. The van der Waals surface area contributed by atoms with E-state index in [0.29, 0.717) is 6.61 Å². The zero-order valence-corrected chi connectivity index (χ0v) is 10.2. The number of hydrogen-bond acceptors (Lipinski definition) is 5. The van der Waals surface area contributed by atoms with Crippen molar-refractivity contribution in [1.82, 2.24) is 0 Å². The molecular weight excluding hydrogens is 236 g/mol. The average molecular weight is 254 g/mol. The molecule has 1 aromatic rings. The first-order valence-electron chi connectivity index (χ1n) is 5.88. The minimum atomic E-state index is -1.03. The molecule has 0 bridgehead atoms. The molecule has 0 amide bonds. The molecule has 5 heteroatoms. The number of methoxy groups -OCH3 is 1. The second-order valence-electron chi connectivity index (χ2n) is 4.26. The molecule has 5 nitrogen and oxygen atoms in total. The van der Waals surface area contributed by atoms with E-state index in [-0.39, 0.29) is 6.61 Å². The summed E-state index contributed by atoms with van der Waals surface area (Å²) in [4.78, 5) is 0. The number of ether oxygens (including phenoxy) is 3. The van der Waals surface area contributed by atoms with Crippen LogP contribution in [0.3, 0.4) is 0 Å². The summed E-state index contributed by atoms with van der Waals surface area (Å²) in [7, 11) is 1.42. The van der Waals surface area contributed by atoms with Gasteiger partial charge in [0, 0.05) is 7.11 Å². The monoisotopic (exact) mass is 254 g/mol. The number of aliphatic hydroxyl groups excluding tert-OH is 2. The third-order valence-electron chi connectivity index (χ3n) is 2.94. The lowest BCUT2D eigenvalue weighted by molar-refractivity contribution is -0.156. The van der Waals surface area contributed by atoms with Gasteiger partial charge < -0.3 is 24.4 Å². The van der Waals surface area contributed by atoms with Crippen LogP contribution in [0.2, 0.25) is 0 Å². The van der Waals surface area contributed by atoms with Gasteiger partial charge in [0.05, 0.1) is 13.2 Å². The first kappa shape index (κ1) is 13.5. The van der Waals surface area contributed by atoms with Crippen LogP contribution in [0.5, 0.6) is 0 Å². The van der Waals surface area contributed by atoms with Gasteiger partial charge in [0.2, 0.25) is 0 Å². The summed E-state index contributed by atoms with van der Waals surface area (Å²) in [5.74, 6) is 0. The molecule has 0 radical (unpaired) electrons. The van der Waals surface area contributed by atoms with Crippen molar-refractivity contribution in [3.8, 4) is 0 Å². The molecule has 0 aliphatic carbocycles. The Bertz CT molecular complexity index is 356. The first-order chi connectivity index (χ1) is 8.72. The highest BCUT2D eigenvalue weighted by molar-refractivity contribution is 5.13. The maximum absolute atomic E-state index is 9.72. The van der Waals surface area contributed by atoms with Crippen molar-refractivity contribution in [2.45, 2.75) is 31.2 Å². The Labute approximate surface area is 106 Å². The Hall–Kier alpha value is -0.980. The van der Waals surface area contributed by atoms with Crippen LogP contribution in [-0.2, 0) is 20.8 Å². The van der Waals surface area contributed by atoms with Crippen LogP contribution in [0.4, 0.5) is 0 Å². The molecule has 1 fully saturated rings. The average Bonchev–Trinajstić information content (AvgIpc) is 2.68. The van der Waals surface area contributed by atoms with Crippen LogP contribution in [0.15, 0.2) is 30.3 Å². The van der Waals surface area contributed by atoms with Gasteiger partial charge in [0.25, 0.3) is 0 Å². The van der Waals surface area contributed by atoms with E-state index in [1.54, 1.807) is 0 Å². The summed E-state index contributed by atoms with van der Waals surface area (Å²) in [6.45, 7) is 0.661. The fourth-order valence-corrected chi connectivity index (χ4v) is 1.91. The van der Waals surface area contributed by atoms with Gasteiger partial charge in [-0.1, -0.05) is 30.3 Å². The highest BCUT2D eigenvalue weighted by Crippen LogP contribution is 2.22. The fraction of sp³-hybridized carbons (Fsp3) is 0.538. The van der Waals surface area contributed by atoms with Gasteiger partial charge in [-0.25, -0.2) is 0 Å². The van der Waals surface area contributed by atoms with Crippen LogP contribution in [0.25, 0.3) is 0 Å². The van der Waals surface area contributed by atoms with Crippen molar-refractivity contribution in [2.75, 3.05) is 13.7 Å². The molecule has 0 spiro atoms. The minimum absolute atomic E-state index is 0.215. The van der Waals surface area contributed by atoms with Gasteiger partial charge >= 0.3 is 0 Å². The van der Waals surface area contributed by atoms with Gasteiger partial charge in [0.1, 0.15) is 18.3 Å². The van der Waals surface area contributed by atoms with Crippen molar-refractivity contribution in [1.29, 1.82) is 0 Å². The highest BCUT2D eigenvalue weighted by Gasteiger charge is 2.42. The van der Waals surface area contributed by atoms with E-state index in [1.165, 1.54) is 7.11 Å². The van der Waals surface area contributed by atoms with Gasteiger partial charge in [-0.3, -0.25) is 0 Å². The van der Waals surface area contributed by atoms with E-state index < -0.39 is 24.6 Å². The van der Waals surface area contributed by atoms with E-state index in [2.05, 4.69) is 0 Å². The van der Waals surface area contributed by atoms with Crippen LogP contribution in [0, 0.1) is 0 Å². The maximum atomic E-state index is 9.72. The Morgan fingerprint density at radius 1 is 1.17 bits per heavy atom. The smallest absolute Gasteiger partial charge is 0.186 e. The second kappa shape index (κ2) is 6.26. The molecule has 1 aliphatic heterocycles. The summed E-state index contributed by atoms with van der Waals surface area (Å²) >= 11 is 0. The highest BCUT2D eigenvalue weighted by atomic mass is 16.7. The first-order valence-corrected chi connectivity index (χ1v) is 5.88. The van der Waals surface area contributed by atoms with E-state index in [9.17, 15) is 10.2 Å². The van der Waals surface area contributed by atoms with Crippen molar-refractivity contribution in [3.05, 3.63) is 35.9 Å². The fourth-order valence-electron chi connectivity index (χ4n) is 1.91. The van der Waals surface area contributed by atoms with Crippen LogP contribution >= 0.6 is 0 Å². The molecule has 18 heavy (non-hydrogen) atoms. The van der Waals surface area contributed by atoms with Gasteiger partial charge in [-0.2, -0.15) is 0 Å². The molecule has 100 valence electrons. The predicted molar refractivity (Wildman–Crippen MR) is 63.8 cm³/mol. The van der Waals surface area contributed by atoms with Crippen LogP contribution in [-0.4, -0.2) is 48.5 Å². The zero-order chi connectivity index (χ0) is 13.0. The lowest BCUT2D eigenvalue weighted by atomic mass is 10.1. The molecule has 1 aromatic carbocycles. The lowest BCUT2D eigenvalue weighted by Gasteiger charge is -2.14. The summed E-state index contributed by atoms with van der Waals surface area (Å²) in [6.07, 6.45) is -3.36. The molecular formula is C13H18O5. The largest absolute Gasteiger partial charge is 0.387 e. The van der Waals surface area contributed by atoms with Crippen LogP contribution < -0.4 is 0 Å². The van der Waals surface area contributed by atoms with E-state index in [4.69, 9.17) is 14.2 Å². The molecule has 1 heterocycles. The Balaban J connectivity index is 1.77. The van der Waals surface area contributed by atoms with Gasteiger partial charge in [0.15, 0.2) is 6.29 Å². The van der Waals surface area contributed by atoms with Gasteiger partial charge in [-0.05, 0) is 5.56 Å². The third kappa shape index (κ3) is 3.07. The Morgan fingerprint density at radius 3 is 2.50 bits per heavy atom. The molecule has 0 unspecified atom stereocenters. The molecule has 1 saturated heterocycles. The number of rotatable bonds is 5. The molecule has 0 saturated carbocycles. The molecule has 0 aromatic heterocycles. The van der Waals surface area contributed by atoms with Gasteiger partial charge in [-0.15, -0.1) is 0 Å². The SMILES string of the molecule is CO[C@H]1O[C@H](COCc2ccccc2)[C@@H](O)[C@H]1O. The minimum Gasteiger partial charge on any atom is -0.387 e. The predicted octanol–water partition coefficient (Wildman–Crippen LogP) is 0.296. The molecule has 1 aliphatic rings. The quantitative estimate of drug-likeness (QED) is 0.791. The Kier molecular flexibility index (Phi) is 4.68. The molecule has 2 N–H and O–H groups in total. The summed E-state index contributed by atoms with van der Waals surface area (Å²) < 4.78 is 15.7. The second-order valence-corrected chi connectivity index (χ2v) is 4.26. The molecule has 4 atom stereocenters. The Morgan fingerprint density at radius 2 is 1.89 bits per heavy atom. The topological polar surface area (TPSA) is 68.2 Å². The van der Waals surface area contributed by atoms with Crippen LogP contribution in [0.1, 0.15) is 5.56 Å². The van der Waals surface area contributed by atoms with Crippen molar-refractivity contribution in [2.24, 2.45) is 0 Å². The van der Waals surface area contributed by atoms with E-state index in [0.717, 1.165) is 5.56 Å². The normalized spacial score (nSPS) is 31.7. The van der Waals surface area contributed by atoms with E-state index in [1.807, 2.05) is 30.3 Å². The summed E-state index contributed by atoms with van der Waals surface area (Å²) in [5, 5.41) is 19.3. The number of hydrogen-bond donors (Lipinski definition) is 2. The lowest BCUT2D eigenvalue weighted by Crippen LogP contribution is -2.34. The number of aliphatic hydroxyl groups is 2. The number of benzene rings is 1.